The van der Waals surface area contributed by atoms with Crippen LogP contribution in [0.5, 0.6) is 5.75 Å². The number of benzene rings is 3. The van der Waals surface area contributed by atoms with Crippen LogP contribution in [0, 0.1) is 11.6 Å². The van der Waals surface area contributed by atoms with Crippen molar-refractivity contribution in [1.82, 2.24) is 24.8 Å². The Morgan fingerprint density at radius 1 is 0.839 bits per heavy atom. The first-order valence-corrected chi connectivity index (χ1v) is 21.2. The van der Waals surface area contributed by atoms with Gasteiger partial charge in [0.25, 0.3) is 0 Å². The van der Waals surface area contributed by atoms with Gasteiger partial charge in [-0.3, -0.25) is 14.8 Å². The monoisotopic (exact) mass is 905 g/mol. The quantitative estimate of drug-likeness (QED) is 0.0946. The number of nitrogens with zero attached hydrogens (tertiary/aromatic N) is 5. The minimum absolute atomic E-state index is 0.0134. The van der Waals surface area contributed by atoms with Gasteiger partial charge in [-0.15, -0.1) is 0 Å². The number of halogens is 3. The van der Waals surface area contributed by atoms with E-state index in [1.165, 1.54) is 4.57 Å². The van der Waals surface area contributed by atoms with Gasteiger partial charge in [0.1, 0.15) is 23.6 Å². The third-order valence-corrected chi connectivity index (χ3v) is 10.5. The van der Waals surface area contributed by atoms with Crippen LogP contribution >= 0.6 is 10.1 Å². The van der Waals surface area contributed by atoms with Gasteiger partial charge in [0.15, 0.2) is 11.6 Å². The zero-order chi connectivity index (χ0) is 43.9. The molecule has 5 heterocycles. The van der Waals surface area contributed by atoms with Gasteiger partial charge in [-0.1, -0.05) is 54.6 Å². The topological polar surface area (TPSA) is 148 Å². The van der Waals surface area contributed by atoms with Crippen molar-refractivity contribution in [2.24, 2.45) is 0 Å². The Morgan fingerprint density at radius 2 is 1.42 bits per heavy atom. The average molecular weight is 907 g/mol. The molecule has 2 atom stereocenters. The van der Waals surface area contributed by atoms with Crippen LogP contribution in [0.1, 0.15) is 48.7 Å². The van der Waals surface area contributed by atoms with E-state index in [0.29, 0.717) is 19.7 Å². The largest absolute Gasteiger partial charge is 0.489 e. The number of pyridine rings is 4. The zero-order valence-corrected chi connectivity index (χ0v) is 35.4. The van der Waals surface area contributed by atoms with E-state index in [-0.39, 0.29) is 29.3 Å². The molecular weight excluding hydrogens is 864 g/mol. The number of nitrogen functional groups attached to an aromatic ring is 1. The summed E-state index contributed by atoms with van der Waals surface area (Å²) in [5.41, 5.74) is 10.1. The first kappa shape index (κ1) is 43.9. The normalized spacial score (nSPS) is 15.8. The van der Waals surface area contributed by atoms with Crippen molar-refractivity contribution in [2.45, 2.75) is 51.4 Å². The fourth-order valence-corrected chi connectivity index (χ4v) is 7.61. The van der Waals surface area contributed by atoms with Gasteiger partial charge >= 0.3 is 31.2 Å². The Morgan fingerprint density at radius 3 is 1.95 bits per heavy atom. The minimum atomic E-state index is -1.45. The molecule has 3 aromatic carbocycles. The van der Waals surface area contributed by atoms with E-state index < -0.39 is 39.7 Å². The van der Waals surface area contributed by atoms with Gasteiger partial charge in [0.2, 0.25) is 5.43 Å². The van der Waals surface area contributed by atoms with E-state index in [1.807, 2.05) is 80.6 Å². The molecule has 0 radical (unpaired) electrons. The van der Waals surface area contributed by atoms with Crippen molar-refractivity contribution in [1.29, 1.82) is 0 Å². The van der Waals surface area contributed by atoms with Gasteiger partial charge in [-0.25, -0.2) is 18.6 Å². The standard InChI is InChI=1S/C28H21N3O.C19H22F2N4O3.ClH.Cu/c1-2-8-21(9-3-1)20-32-24-14-12-22(13-15-24)23-18-27(25-10-4-6-16-29-25)31-28(19-23)26-11-5-7-17-30-26;1-8-5-24(6-9(2)23-8)17-13(20)15(22)12-16(14(17)21)25(10-3-4-10)7-11(18(12)26)19(27)28;;/h1-19H,20H2;7-10,23H,3-6,22H2,1-2H3,(H,27,28);1H;/q;;;+1/p-1/t;8-,9+;;. The molecule has 1 aliphatic carbocycles. The molecule has 15 heteroatoms. The predicted octanol–water partition coefficient (Wildman–Crippen LogP) is 9.22. The smallest absolute Gasteiger partial charge is 0.119 e. The average Bonchev–Trinajstić information content (AvgIpc) is 4.15. The second-order valence-corrected chi connectivity index (χ2v) is 15.2. The number of aromatic nitrogens is 4. The molecule has 1 aliphatic heterocycles. The van der Waals surface area contributed by atoms with Crippen molar-refractivity contribution in [3.63, 3.8) is 0 Å². The molecule has 11 nitrogen and oxygen atoms in total. The molecule has 1 saturated heterocycles. The maximum Gasteiger partial charge on any atom is 0.119 e. The molecule has 322 valence electrons. The van der Waals surface area contributed by atoms with Crippen LogP contribution < -0.4 is 26.1 Å². The molecule has 7 aromatic rings. The van der Waals surface area contributed by atoms with E-state index in [9.17, 15) is 14.7 Å². The number of ether oxygens (including phenoxy) is 1. The second kappa shape index (κ2) is 19.7. The predicted molar refractivity (Wildman–Crippen MR) is 235 cm³/mol. The van der Waals surface area contributed by atoms with E-state index in [4.69, 9.17) is 15.5 Å². The molecule has 0 bridgehead atoms. The van der Waals surface area contributed by atoms with Gasteiger partial charge < -0.3 is 30.4 Å². The van der Waals surface area contributed by atoms with Gasteiger partial charge in [-0.2, -0.15) is 0 Å². The summed E-state index contributed by atoms with van der Waals surface area (Å²) in [6.07, 6.45) is 6.17. The summed E-state index contributed by atoms with van der Waals surface area (Å²) in [5.74, 6) is -2.51. The Kier molecular flexibility index (Phi) is 13.9. The number of rotatable bonds is 9. The number of fused-ring (bicyclic) bond motifs is 1. The molecule has 4 N–H and O–H groups in total. The van der Waals surface area contributed by atoms with Crippen LogP contribution in [0.3, 0.4) is 0 Å². The summed E-state index contributed by atoms with van der Waals surface area (Å²) >= 11 is 3.66. The summed E-state index contributed by atoms with van der Waals surface area (Å²) in [5, 5.41) is 12.2. The molecule has 2 aliphatic rings. The number of anilines is 2. The van der Waals surface area contributed by atoms with Crippen molar-refractivity contribution >= 4 is 38.3 Å². The minimum Gasteiger partial charge on any atom is -0.489 e. The molecule has 1 saturated carbocycles. The maximum absolute atomic E-state index is 15.6. The first-order valence-electron chi connectivity index (χ1n) is 19.9. The summed E-state index contributed by atoms with van der Waals surface area (Å²) in [7, 11) is 4.20. The Bertz CT molecular complexity index is 2660. The summed E-state index contributed by atoms with van der Waals surface area (Å²) in [6, 6.07) is 34.0. The summed E-state index contributed by atoms with van der Waals surface area (Å²) in [4.78, 5) is 39.5. The van der Waals surface area contributed by atoms with Crippen LogP contribution in [-0.2, 0) is 21.7 Å². The Balaban J connectivity index is 0.000000181. The van der Waals surface area contributed by atoms with Crippen molar-refractivity contribution in [2.75, 3.05) is 23.7 Å². The molecule has 0 spiro atoms. The van der Waals surface area contributed by atoms with Crippen molar-refractivity contribution in [3.05, 3.63) is 155 Å². The first-order chi connectivity index (χ1) is 30.0. The second-order valence-electron chi connectivity index (χ2n) is 15.2. The fourth-order valence-electron chi connectivity index (χ4n) is 7.61. The van der Waals surface area contributed by atoms with Gasteiger partial charge in [-0.05, 0) is 91.9 Å². The number of carbonyl (C=O) groups is 1. The number of aromatic carboxylic acids is 1. The Labute approximate surface area is 369 Å². The number of hydrogen-bond acceptors (Lipinski definition) is 9. The van der Waals surface area contributed by atoms with E-state index in [0.717, 1.165) is 64.3 Å². The molecule has 2 fully saturated rings. The molecular formula is C47H43ClCuF2N7O4. The SMILES string of the molecule is C[C@@H]1CN(c2c(F)c(N)c3c(=O)c(C(=O)O)cn(C4CC4)c3c2F)C[C@H](C)N1.[Cl][Cu].c1ccc(COc2ccc(-c3cc(-c4ccccn4)nc(-c4ccccn4)c3)cc2)cc1. The third kappa shape index (κ3) is 9.79. The molecule has 0 unspecified atom stereocenters. The number of nitrogens with two attached hydrogens (primary N) is 1. The fraction of sp³-hybridized carbons (Fsp3) is 0.213. The third-order valence-electron chi connectivity index (χ3n) is 10.5. The van der Waals surface area contributed by atoms with Gasteiger partial charge in [0, 0.05) is 49.8 Å². The summed E-state index contributed by atoms with van der Waals surface area (Å²) < 4.78 is 38.2. The van der Waals surface area contributed by atoms with Crippen molar-refractivity contribution in [3.8, 4) is 39.7 Å². The van der Waals surface area contributed by atoms with Crippen LogP contribution in [0.15, 0.2) is 127 Å². The number of hydrogen-bond donors (Lipinski definition) is 3. The van der Waals surface area contributed by atoms with Crippen LogP contribution in [0.4, 0.5) is 20.2 Å². The molecule has 62 heavy (non-hydrogen) atoms. The molecule has 9 rings (SSSR count). The zero-order valence-electron chi connectivity index (χ0n) is 33.7. The Hall–Kier alpha value is -6.18. The van der Waals surface area contributed by atoms with E-state index >= 15 is 8.78 Å². The van der Waals surface area contributed by atoms with Crippen LogP contribution in [-0.4, -0.2) is 55.8 Å². The van der Waals surface area contributed by atoms with E-state index in [1.54, 1.807) is 17.3 Å². The maximum atomic E-state index is 15.6. The summed E-state index contributed by atoms with van der Waals surface area (Å²) in [6.45, 7) is 5.14. The van der Waals surface area contributed by atoms with Gasteiger partial charge in [0.05, 0.1) is 39.4 Å². The van der Waals surface area contributed by atoms with Crippen LogP contribution in [0.2, 0.25) is 0 Å². The number of nitrogens with one attached hydrogen (secondary N) is 1. The van der Waals surface area contributed by atoms with Crippen molar-refractivity contribution < 1.29 is 38.5 Å². The van der Waals surface area contributed by atoms with E-state index in [2.05, 4.69) is 76.9 Å². The number of piperazine rings is 1. The molecule has 0 amide bonds. The molecule has 4 aromatic heterocycles. The van der Waals surface area contributed by atoms with Crippen LogP contribution in [0.25, 0.3) is 44.8 Å². The number of carboxylic acids is 1. The number of carboxylic acid groups (broad SMARTS) is 1.